The Labute approximate surface area is 164 Å². The molecule has 0 saturated carbocycles. The molecule has 142 valence electrons. The van der Waals surface area contributed by atoms with Crippen LogP contribution in [0.25, 0.3) is 16.9 Å². The summed E-state index contributed by atoms with van der Waals surface area (Å²) in [5, 5.41) is 4.07. The molecule has 4 heterocycles. The van der Waals surface area contributed by atoms with Gasteiger partial charge in [-0.1, -0.05) is 12.1 Å². The van der Waals surface area contributed by atoms with Crippen molar-refractivity contribution in [1.82, 2.24) is 19.7 Å². The molecule has 2 aliphatic rings. The van der Waals surface area contributed by atoms with E-state index in [0.29, 0.717) is 11.9 Å². The summed E-state index contributed by atoms with van der Waals surface area (Å²) in [5.41, 5.74) is 3.26. The van der Waals surface area contributed by atoms with E-state index in [9.17, 15) is 4.79 Å². The Morgan fingerprint density at radius 3 is 2.57 bits per heavy atom. The average Bonchev–Trinajstić information content (AvgIpc) is 3.28. The number of hydrogen-bond donors (Lipinski definition) is 0. The Bertz CT molecular complexity index is 1030. The van der Waals surface area contributed by atoms with Crippen molar-refractivity contribution in [2.75, 3.05) is 31.6 Å². The molecule has 2 fully saturated rings. The maximum Gasteiger partial charge on any atom is 0.272 e. The van der Waals surface area contributed by atoms with Gasteiger partial charge in [0.05, 0.1) is 0 Å². The van der Waals surface area contributed by atoms with Gasteiger partial charge in [-0.3, -0.25) is 4.79 Å². The Hall–Kier alpha value is -2.99. The molecule has 3 aromatic rings. The first-order valence-electron chi connectivity index (χ1n) is 9.75. The van der Waals surface area contributed by atoms with E-state index in [1.807, 2.05) is 12.1 Å². The van der Waals surface area contributed by atoms with E-state index in [1.54, 1.807) is 18.5 Å². The standard InChI is InChI=1S/C22H23N5O/c1-25-14-18-10-12-26(20(18)15-25)19-7-4-16(5-8-19)17-6-9-21(23-13-17)27-22(28)3-2-11-24-27/h2-9,11,13,18,20H,10,12,14-15H2,1H3. The second-order valence-corrected chi connectivity index (χ2v) is 7.76. The smallest absolute Gasteiger partial charge is 0.272 e. The SMILES string of the molecule is CN1CC2CCN(c3ccc(-c4ccc(-n5ncccc5=O)nc4)cc3)C2C1. The lowest BCUT2D eigenvalue weighted by Gasteiger charge is -2.26. The third kappa shape index (κ3) is 2.99. The number of likely N-dealkylation sites (tertiary alicyclic amines) is 1. The van der Waals surface area contributed by atoms with Crippen molar-refractivity contribution in [3.63, 3.8) is 0 Å². The maximum atomic E-state index is 11.9. The van der Waals surface area contributed by atoms with Gasteiger partial charge in [0, 0.05) is 55.4 Å². The normalized spacial score (nSPS) is 21.8. The van der Waals surface area contributed by atoms with E-state index in [4.69, 9.17) is 0 Å². The summed E-state index contributed by atoms with van der Waals surface area (Å²) in [7, 11) is 2.22. The Balaban J connectivity index is 1.36. The topological polar surface area (TPSA) is 54.3 Å². The maximum absolute atomic E-state index is 11.9. The van der Waals surface area contributed by atoms with Crippen LogP contribution in [-0.4, -0.2) is 52.4 Å². The van der Waals surface area contributed by atoms with Crippen molar-refractivity contribution < 1.29 is 0 Å². The first kappa shape index (κ1) is 17.1. The molecule has 2 saturated heterocycles. The van der Waals surface area contributed by atoms with E-state index in [2.05, 4.69) is 51.2 Å². The van der Waals surface area contributed by atoms with Gasteiger partial charge in [-0.05, 0) is 55.3 Å². The highest BCUT2D eigenvalue weighted by molar-refractivity contribution is 5.66. The molecule has 0 N–H and O–H groups in total. The summed E-state index contributed by atoms with van der Waals surface area (Å²) in [4.78, 5) is 21.3. The molecule has 0 aliphatic carbocycles. The number of anilines is 1. The quantitative estimate of drug-likeness (QED) is 0.706. The number of nitrogens with zero attached hydrogens (tertiary/aromatic N) is 5. The summed E-state index contributed by atoms with van der Waals surface area (Å²) in [6.07, 6.45) is 4.67. The van der Waals surface area contributed by atoms with Gasteiger partial charge in [-0.15, -0.1) is 0 Å². The molecule has 2 aliphatic heterocycles. The molecule has 5 rings (SSSR count). The van der Waals surface area contributed by atoms with Crippen LogP contribution in [0.15, 0.2) is 65.7 Å². The predicted molar refractivity (Wildman–Crippen MR) is 110 cm³/mol. The number of fused-ring (bicyclic) bond motifs is 1. The summed E-state index contributed by atoms with van der Waals surface area (Å²) < 4.78 is 1.30. The molecule has 0 spiro atoms. The van der Waals surface area contributed by atoms with Crippen LogP contribution in [0.4, 0.5) is 5.69 Å². The zero-order valence-electron chi connectivity index (χ0n) is 15.9. The van der Waals surface area contributed by atoms with Crippen molar-refractivity contribution >= 4 is 5.69 Å². The van der Waals surface area contributed by atoms with Gasteiger partial charge < -0.3 is 9.80 Å². The van der Waals surface area contributed by atoms with Crippen molar-refractivity contribution in [2.24, 2.45) is 5.92 Å². The minimum absolute atomic E-state index is 0.187. The molecule has 6 nitrogen and oxygen atoms in total. The molecular formula is C22H23N5O. The highest BCUT2D eigenvalue weighted by atomic mass is 16.1. The van der Waals surface area contributed by atoms with E-state index in [0.717, 1.165) is 30.1 Å². The van der Waals surface area contributed by atoms with Gasteiger partial charge in [0.25, 0.3) is 5.56 Å². The van der Waals surface area contributed by atoms with Gasteiger partial charge in [0.2, 0.25) is 0 Å². The number of rotatable bonds is 3. The summed E-state index contributed by atoms with van der Waals surface area (Å²) in [6.45, 7) is 3.53. The fourth-order valence-corrected chi connectivity index (χ4v) is 4.55. The number of likely N-dealkylation sites (N-methyl/N-ethyl adjacent to an activating group) is 1. The van der Waals surface area contributed by atoms with Gasteiger partial charge in [0.1, 0.15) is 0 Å². The Morgan fingerprint density at radius 1 is 1.00 bits per heavy atom. The lowest BCUT2D eigenvalue weighted by Crippen LogP contribution is -2.34. The highest BCUT2D eigenvalue weighted by Crippen LogP contribution is 2.35. The fourth-order valence-electron chi connectivity index (χ4n) is 4.55. The number of hydrogen-bond acceptors (Lipinski definition) is 5. The van der Waals surface area contributed by atoms with E-state index >= 15 is 0 Å². The molecule has 2 unspecified atom stereocenters. The van der Waals surface area contributed by atoms with Crippen molar-refractivity contribution in [3.8, 4) is 16.9 Å². The van der Waals surface area contributed by atoms with E-state index in [1.165, 1.54) is 29.4 Å². The third-order valence-corrected chi connectivity index (χ3v) is 5.94. The molecule has 1 aromatic carbocycles. The molecule has 28 heavy (non-hydrogen) atoms. The van der Waals surface area contributed by atoms with Crippen LogP contribution in [0.5, 0.6) is 0 Å². The first-order valence-corrected chi connectivity index (χ1v) is 9.75. The minimum atomic E-state index is -0.187. The Morgan fingerprint density at radius 2 is 1.82 bits per heavy atom. The van der Waals surface area contributed by atoms with Crippen LogP contribution in [-0.2, 0) is 0 Å². The molecule has 6 heteroatoms. The Kier molecular flexibility index (Phi) is 4.20. The third-order valence-electron chi connectivity index (χ3n) is 5.94. The molecule has 0 radical (unpaired) electrons. The molecule has 2 atom stereocenters. The average molecular weight is 373 g/mol. The van der Waals surface area contributed by atoms with Crippen LogP contribution < -0.4 is 10.5 Å². The van der Waals surface area contributed by atoms with Gasteiger partial charge in [0.15, 0.2) is 5.82 Å². The van der Waals surface area contributed by atoms with E-state index in [-0.39, 0.29) is 5.56 Å². The second kappa shape index (κ2) is 6.87. The lowest BCUT2D eigenvalue weighted by atomic mass is 10.0. The highest BCUT2D eigenvalue weighted by Gasteiger charge is 2.39. The van der Waals surface area contributed by atoms with Crippen LogP contribution in [0, 0.1) is 5.92 Å². The zero-order chi connectivity index (χ0) is 19.1. The molecule has 0 amide bonds. The summed E-state index contributed by atoms with van der Waals surface area (Å²) in [5.74, 6) is 1.33. The van der Waals surface area contributed by atoms with Crippen LogP contribution >= 0.6 is 0 Å². The number of pyridine rings is 1. The predicted octanol–water partition coefficient (Wildman–Crippen LogP) is 2.43. The molecule has 0 bridgehead atoms. The van der Waals surface area contributed by atoms with Gasteiger partial charge in [-0.25, -0.2) is 4.98 Å². The van der Waals surface area contributed by atoms with Crippen LogP contribution in [0.3, 0.4) is 0 Å². The lowest BCUT2D eigenvalue weighted by molar-refractivity contribution is 0.386. The molecule has 2 aromatic heterocycles. The number of aromatic nitrogens is 3. The first-order chi connectivity index (χ1) is 13.7. The van der Waals surface area contributed by atoms with Gasteiger partial charge in [-0.2, -0.15) is 9.78 Å². The molecular weight excluding hydrogens is 350 g/mol. The van der Waals surface area contributed by atoms with Crippen molar-refractivity contribution in [3.05, 3.63) is 71.3 Å². The van der Waals surface area contributed by atoms with Crippen molar-refractivity contribution in [2.45, 2.75) is 12.5 Å². The van der Waals surface area contributed by atoms with Crippen LogP contribution in [0.1, 0.15) is 6.42 Å². The van der Waals surface area contributed by atoms with Crippen LogP contribution in [0.2, 0.25) is 0 Å². The summed E-state index contributed by atoms with van der Waals surface area (Å²) >= 11 is 0. The van der Waals surface area contributed by atoms with E-state index < -0.39 is 0 Å². The van der Waals surface area contributed by atoms with Crippen molar-refractivity contribution in [1.29, 1.82) is 0 Å². The second-order valence-electron chi connectivity index (χ2n) is 7.76. The monoisotopic (exact) mass is 373 g/mol. The zero-order valence-corrected chi connectivity index (χ0v) is 15.9. The summed E-state index contributed by atoms with van der Waals surface area (Å²) in [6, 6.07) is 16.3. The van der Waals surface area contributed by atoms with Gasteiger partial charge >= 0.3 is 0 Å². The fraction of sp³-hybridized carbons (Fsp3) is 0.318. The largest absolute Gasteiger partial charge is 0.367 e. The number of benzene rings is 1. The minimum Gasteiger partial charge on any atom is -0.367 e.